The third-order valence-corrected chi connectivity index (χ3v) is 2.85. The number of phenolic OH excluding ortho intramolecular Hbond substituents is 1. The van der Waals surface area contributed by atoms with Crippen LogP contribution in [0, 0.1) is 0 Å². The Balaban J connectivity index is 2.85. The maximum absolute atomic E-state index is 11.3. The van der Waals surface area contributed by atoms with Gasteiger partial charge >= 0.3 is 5.63 Å². The minimum Gasteiger partial charge on any atom is -0.507 e. The molecule has 1 aromatic heterocycles. The van der Waals surface area contributed by atoms with Gasteiger partial charge in [-0.2, -0.15) is 0 Å². The van der Waals surface area contributed by atoms with Gasteiger partial charge in [0.2, 0.25) is 0 Å². The Hall–Kier alpha value is -1.33. The molecule has 1 heterocycles. The number of fused-ring (bicyclic) bond motifs is 1. The molecular formula is C10H4BrClO4. The van der Waals surface area contributed by atoms with E-state index in [2.05, 4.69) is 15.9 Å². The minimum absolute atomic E-state index is 0.0550. The summed E-state index contributed by atoms with van der Waals surface area (Å²) in [6.45, 7) is 0. The number of aromatic hydroxyl groups is 1. The van der Waals surface area contributed by atoms with E-state index in [-0.39, 0.29) is 16.9 Å². The highest BCUT2D eigenvalue weighted by Crippen LogP contribution is 2.29. The summed E-state index contributed by atoms with van der Waals surface area (Å²) in [6.07, 6.45) is 0. The van der Waals surface area contributed by atoms with Crippen LogP contribution in [0.3, 0.4) is 0 Å². The molecule has 82 valence electrons. The standard InChI is InChI=1S/C10H4BrClO4/c11-6-2-4-1-5(9(12)14)10(15)16-8(4)3-7(6)13/h1-3,13H. The Labute approximate surface area is 103 Å². The molecule has 0 atom stereocenters. The van der Waals surface area contributed by atoms with E-state index in [9.17, 15) is 14.7 Å². The van der Waals surface area contributed by atoms with Gasteiger partial charge in [0.25, 0.3) is 5.24 Å². The molecule has 16 heavy (non-hydrogen) atoms. The minimum atomic E-state index is -0.875. The monoisotopic (exact) mass is 302 g/mol. The van der Waals surface area contributed by atoms with E-state index in [1.54, 1.807) is 0 Å². The van der Waals surface area contributed by atoms with E-state index in [0.29, 0.717) is 9.86 Å². The van der Waals surface area contributed by atoms with Crippen LogP contribution in [0.2, 0.25) is 0 Å². The highest BCUT2D eigenvalue weighted by molar-refractivity contribution is 9.10. The number of carbonyl (C=O) groups is 1. The number of phenols is 1. The average Bonchev–Trinajstić information content (AvgIpc) is 2.19. The molecule has 6 heteroatoms. The lowest BCUT2D eigenvalue weighted by Gasteiger charge is -2.01. The van der Waals surface area contributed by atoms with Gasteiger partial charge in [-0.15, -0.1) is 0 Å². The Morgan fingerprint density at radius 1 is 1.38 bits per heavy atom. The summed E-state index contributed by atoms with van der Waals surface area (Å²) in [7, 11) is 0. The van der Waals surface area contributed by atoms with Crippen molar-refractivity contribution in [3.8, 4) is 5.75 Å². The highest BCUT2D eigenvalue weighted by Gasteiger charge is 2.12. The summed E-state index contributed by atoms with van der Waals surface area (Å²) in [6, 6.07) is 4.13. The molecule has 0 fully saturated rings. The number of rotatable bonds is 1. The molecule has 0 aliphatic heterocycles. The van der Waals surface area contributed by atoms with Crippen molar-refractivity contribution in [3.05, 3.63) is 38.7 Å². The zero-order chi connectivity index (χ0) is 11.9. The second-order valence-electron chi connectivity index (χ2n) is 3.06. The summed E-state index contributed by atoms with van der Waals surface area (Å²) >= 11 is 8.33. The zero-order valence-corrected chi connectivity index (χ0v) is 10.0. The second kappa shape index (κ2) is 3.92. The summed E-state index contributed by atoms with van der Waals surface area (Å²) < 4.78 is 5.28. The van der Waals surface area contributed by atoms with E-state index in [4.69, 9.17) is 16.0 Å². The van der Waals surface area contributed by atoms with Crippen LogP contribution in [0.25, 0.3) is 11.0 Å². The lowest BCUT2D eigenvalue weighted by Crippen LogP contribution is -2.09. The van der Waals surface area contributed by atoms with E-state index < -0.39 is 10.9 Å². The first-order chi connectivity index (χ1) is 7.49. The van der Waals surface area contributed by atoms with Gasteiger partial charge in [0.05, 0.1) is 4.47 Å². The molecule has 1 N–H and O–H groups in total. The van der Waals surface area contributed by atoms with Gasteiger partial charge < -0.3 is 9.52 Å². The maximum atomic E-state index is 11.3. The smallest absolute Gasteiger partial charge is 0.348 e. The molecule has 4 nitrogen and oxygen atoms in total. The molecule has 0 saturated carbocycles. The summed E-state index contributed by atoms with van der Waals surface area (Å²) in [4.78, 5) is 22.2. The van der Waals surface area contributed by atoms with Gasteiger partial charge in [-0.05, 0) is 39.7 Å². The van der Waals surface area contributed by atoms with Crippen molar-refractivity contribution in [1.29, 1.82) is 0 Å². The Morgan fingerprint density at radius 2 is 2.06 bits per heavy atom. The van der Waals surface area contributed by atoms with Crippen LogP contribution in [-0.4, -0.2) is 10.3 Å². The van der Waals surface area contributed by atoms with Crippen LogP contribution in [0.4, 0.5) is 0 Å². The van der Waals surface area contributed by atoms with E-state index >= 15 is 0 Å². The van der Waals surface area contributed by atoms with Crippen LogP contribution >= 0.6 is 27.5 Å². The molecule has 0 amide bonds. The highest BCUT2D eigenvalue weighted by atomic mass is 79.9. The first-order valence-electron chi connectivity index (χ1n) is 4.15. The van der Waals surface area contributed by atoms with Crippen LogP contribution in [0.5, 0.6) is 5.75 Å². The molecule has 0 spiro atoms. The normalized spacial score (nSPS) is 10.6. The van der Waals surface area contributed by atoms with Crippen LogP contribution in [0.1, 0.15) is 10.4 Å². The predicted octanol–water partition coefficient (Wildman–Crippen LogP) is 2.64. The van der Waals surface area contributed by atoms with Crippen molar-refractivity contribution in [3.63, 3.8) is 0 Å². The Morgan fingerprint density at radius 3 is 2.69 bits per heavy atom. The van der Waals surface area contributed by atoms with Gasteiger partial charge in [0, 0.05) is 11.5 Å². The third kappa shape index (κ3) is 1.83. The molecule has 0 bridgehead atoms. The summed E-state index contributed by atoms with van der Waals surface area (Å²) in [5.74, 6) is -0.0550. The lowest BCUT2D eigenvalue weighted by atomic mass is 10.2. The van der Waals surface area contributed by atoms with Gasteiger partial charge in [-0.1, -0.05) is 0 Å². The molecule has 0 aliphatic carbocycles. The van der Waals surface area contributed by atoms with E-state index in [1.165, 1.54) is 18.2 Å². The van der Waals surface area contributed by atoms with Crippen LogP contribution in [-0.2, 0) is 0 Å². The van der Waals surface area contributed by atoms with Crippen molar-refractivity contribution >= 4 is 43.7 Å². The molecular weight excluding hydrogens is 299 g/mol. The molecule has 0 saturated heterocycles. The Bertz CT molecular complexity index is 647. The SMILES string of the molecule is O=C(Cl)c1cc2cc(Br)c(O)cc2oc1=O. The quantitative estimate of drug-likeness (QED) is 0.649. The molecule has 2 rings (SSSR count). The maximum Gasteiger partial charge on any atom is 0.348 e. The number of benzene rings is 1. The number of halogens is 2. The van der Waals surface area contributed by atoms with Crippen molar-refractivity contribution in [2.24, 2.45) is 0 Å². The van der Waals surface area contributed by atoms with Gasteiger partial charge in [-0.3, -0.25) is 4.79 Å². The fraction of sp³-hybridized carbons (Fsp3) is 0. The molecule has 0 aliphatic rings. The first-order valence-corrected chi connectivity index (χ1v) is 5.32. The van der Waals surface area contributed by atoms with Gasteiger partial charge in [0.15, 0.2) is 0 Å². The van der Waals surface area contributed by atoms with Gasteiger partial charge in [-0.25, -0.2) is 4.79 Å². The third-order valence-electron chi connectivity index (χ3n) is 2.01. The molecule has 2 aromatic rings. The topological polar surface area (TPSA) is 67.5 Å². The van der Waals surface area contributed by atoms with Crippen molar-refractivity contribution in [2.45, 2.75) is 0 Å². The van der Waals surface area contributed by atoms with Gasteiger partial charge in [0.1, 0.15) is 16.9 Å². The van der Waals surface area contributed by atoms with Crippen molar-refractivity contribution < 1.29 is 14.3 Å². The van der Waals surface area contributed by atoms with E-state index in [0.717, 1.165) is 0 Å². The summed E-state index contributed by atoms with van der Waals surface area (Å²) in [5.41, 5.74) is -0.867. The van der Waals surface area contributed by atoms with Crippen LogP contribution < -0.4 is 5.63 Å². The first kappa shape index (κ1) is 11.2. The molecule has 0 unspecified atom stereocenters. The van der Waals surface area contributed by atoms with E-state index in [1.807, 2.05) is 0 Å². The van der Waals surface area contributed by atoms with Crippen molar-refractivity contribution in [1.82, 2.24) is 0 Å². The number of carbonyl (C=O) groups excluding carboxylic acids is 1. The Kier molecular flexibility index (Phi) is 2.73. The van der Waals surface area contributed by atoms with Crippen LogP contribution in [0.15, 0.2) is 31.9 Å². The second-order valence-corrected chi connectivity index (χ2v) is 4.26. The molecule has 0 radical (unpaired) electrons. The number of hydrogen-bond donors (Lipinski definition) is 1. The summed E-state index contributed by atoms with van der Waals surface area (Å²) in [5, 5.41) is 9.00. The number of hydrogen-bond acceptors (Lipinski definition) is 4. The predicted molar refractivity (Wildman–Crippen MR) is 62.0 cm³/mol. The largest absolute Gasteiger partial charge is 0.507 e. The fourth-order valence-electron chi connectivity index (χ4n) is 1.27. The lowest BCUT2D eigenvalue weighted by molar-refractivity contribution is 0.107. The molecule has 1 aromatic carbocycles. The fourth-order valence-corrected chi connectivity index (χ4v) is 1.76. The average molecular weight is 303 g/mol. The van der Waals surface area contributed by atoms with Crippen molar-refractivity contribution in [2.75, 3.05) is 0 Å². The zero-order valence-electron chi connectivity index (χ0n) is 7.66.